The fourth-order valence-electron chi connectivity index (χ4n) is 1.66. The topological polar surface area (TPSA) is 92.4 Å². The average molecular weight is 335 g/mol. The van der Waals surface area contributed by atoms with Gasteiger partial charge in [-0.3, -0.25) is 0 Å². The zero-order valence-electron chi connectivity index (χ0n) is 9.64. The van der Waals surface area contributed by atoms with Gasteiger partial charge in [-0.05, 0) is 52.9 Å². The van der Waals surface area contributed by atoms with Gasteiger partial charge in [0, 0.05) is 16.7 Å². The second kappa shape index (κ2) is 5.16. The lowest BCUT2D eigenvalue weighted by Gasteiger charge is -2.12. The summed E-state index contributed by atoms with van der Waals surface area (Å²) in [6, 6.07) is 4.49. The normalized spacial score (nSPS) is 17.7. The fraction of sp³-hybridized carbons (Fsp3) is 0.455. The third-order valence-electron chi connectivity index (χ3n) is 2.89. The van der Waals surface area contributed by atoms with Crippen LogP contribution in [0.15, 0.2) is 27.6 Å². The summed E-state index contributed by atoms with van der Waals surface area (Å²) >= 11 is 3.17. The predicted octanol–water partition coefficient (Wildman–Crippen LogP) is 1.08. The van der Waals surface area contributed by atoms with E-state index in [4.69, 9.17) is 5.73 Å². The Balaban J connectivity index is 2.09. The van der Waals surface area contributed by atoms with Gasteiger partial charge in [0.05, 0.1) is 11.0 Å². The fourth-order valence-corrected chi connectivity index (χ4v) is 3.80. The van der Waals surface area contributed by atoms with Crippen molar-refractivity contribution >= 4 is 31.6 Å². The molecule has 1 aromatic carbocycles. The van der Waals surface area contributed by atoms with E-state index in [9.17, 15) is 13.5 Å². The molecule has 7 heteroatoms. The molecule has 1 aliphatic carbocycles. The number of aliphatic hydroxyl groups excluding tert-OH is 1. The molecule has 100 valence electrons. The summed E-state index contributed by atoms with van der Waals surface area (Å²) in [4.78, 5) is 0.125. The maximum Gasteiger partial charge on any atom is 0.241 e. The molecule has 0 aliphatic heterocycles. The van der Waals surface area contributed by atoms with Gasteiger partial charge in [-0.15, -0.1) is 0 Å². The second-order valence-corrected chi connectivity index (χ2v) is 7.04. The van der Waals surface area contributed by atoms with Crippen molar-refractivity contribution in [3.63, 3.8) is 0 Å². The van der Waals surface area contributed by atoms with Crippen LogP contribution in [0.2, 0.25) is 0 Å². The van der Waals surface area contributed by atoms with Crippen molar-refractivity contribution in [3.8, 4) is 0 Å². The van der Waals surface area contributed by atoms with Crippen molar-refractivity contribution in [1.82, 2.24) is 4.72 Å². The van der Waals surface area contributed by atoms with Gasteiger partial charge in [0.15, 0.2) is 0 Å². The molecular formula is C11H15BrN2O3S. The number of sulfonamides is 1. The van der Waals surface area contributed by atoms with Gasteiger partial charge in [0.25, 0.3) is 0 Å². The lowest BCUT2D eigenvalue weighted by molar-refractivity contribution is 0.155. The van der Waals surface area contributed by atoms with Crippen LogP contribution in [-0.2, 0) is 10.0 Å². The highest BCUT2D eigenvalue weighted by Gasteiger charge is 2.30. The highest BCUT2D eigenvalue weighted by atomic mass is 79.9. The van der Waals surface area contributed by atoms with Crippen LogP contribution in [0.3, 0.4) is 0 Å². The van der Waals surface area contributed by atoms with Gasteiger partial charge in [0.1, 0.15) is 0 Å². The Bertz CT molecular complexity index is 543. The molecule has 1 fully saturated rings. The number of benzene rings is 1. The smallest absolute Gasteiger partial charge is 0.241 e. The van der Waals surface area contributed by atoms with Gasteiger partial charge in [0.2, 0.25) is 10.0 Å². The molecule has 0 spiro atoms. The van der Waals surface area contributed by atoms with E-state index in [1.807, 2.05) is 0 Å². The van der Waals surface area contributed by atoms with Gasteiger partial charge in [-0.25, -0.2) is 13.1 Å². The van der Waals surface area contributed by atoms with E-state index in [-0.39, 0.29) is 17.4 Å². The molecule has 1 atom stereocenters. The van der Waals surface area contributed by atoms with Crippen LogP contribution in [0.1, 0.15) is 12.8 Å². The van der Waals surface area contributed by atoms with Crippen molar-refractivity contribution in [2.75, 3.05) is 12.3 Å². The summed E-state index contributed by atoms with van der Waals surface area (Å²) in [5.41, 5.74) is 6.04. The van der Waals surface area contributed by atoms with Crippen molar-refractivity contribution in [2.24, 2.45) is 5.92 Å². The Morgan fingerprint density at radius 3 is 2.72 bits per heavy atom. The minimum absolute atomic E-state index is 0.0455. The molecule has 18 heavy (non-hydrogen) atoms. The largest absolute Gasteiger partial charge is 0.399 e. The van der Waals surface area contributed by atoms with Gasteiger partial charge < -0.3 is 10.8 Å². The molecule has 0 radical (unpaired) electrons. The summed E-state index contributed by atoms with van der Waals surface area (Å²) in [6.45, 7) is 0.0455. The van der Waals surface area contributed by atoms with E-state index < -0.39 is 16.1 Å². The van der Waals surface area contributed by atoms with E-state index >= 15 is 0 Å². The van der Waals surface area contributed by atoms with Gasteiger partial charge in [-0.2, -0.15) is 0 Å². The summed E-state index contributed by atoms with van der Waals surface area (Å²) in [6.07, 6.45) is 1.33. The third kappa shape index (κ3) is 3.23. The number of nitrogens with two attached hydrogens (primary N) is 1. The lowest BCUT2D eigenvalue weighted by Crippen LogP contribution is -2.33. The Labute approximate surface area is 115 Å². The van der Waals surface area contributed by atoms with E-state index in [1.165, 1.54) is 18.2 Å². The standard InChI is InChI=1S/C11H15BrN2O3S/c12-9-5-8(13)3-4-11(9)18(16,17)14-6-10(15)7-1-2-7/h3-5,7,10,14-15H,1-2,6,13H2. The molecule has 1 unspecified atom stereocenters. The molecule has 5 nitrogen and oxygen atoms in total. The number of anilines is 1. The number of nitrogens with one attached hydrogen (secondary N) is 1. The van der Waals surface area contributed by atoms with E-state index in [2.05, 4.69) is 20.7 Å². The number of nitrogen functional groups attached to an aromatic ring is 1. The molecule has 1 saturated carbocycles. The highest BCUT2D eigenvalue weighted by molar-refractivity contribution is 9.10. The van der Waals surface area contributed by atoms with Crippen molar-refractivity contribution < 1.29 is 13.5 Å². The van der Waals surface area contributed by atoms with Crippen molar-refractivity contribution in [2.45, 2.75) is 23.8 Å². The molecule has 0 amide bonds. The van der Waals surface area contributed by atoms with Crippen LogP contribution in [0.5, 0.6) is 0 Å². The van der Waals surface area contributed by atoms with Crippen LogP contribution in [-0.4, -0.2) is 26.2 Å². The average Bonchev–Trinajstić information content (AvgIpc) is 3.09. The van der Waals surface area contributed by atoms with Crippen LogP contribution < -0.4 is 10.5 Å². The molecule has 0 bridgehead atoms. The van der Waals surface area contributed by atoms with E-state index in [0.29, 0.717) is 10.2 Å². The first-order valence-corrected chi connectivity index (χ1v) is 7.90. The molecule has 1 aliphatic rings. The maximum absolute atomic E-state index is 12.0. The second-order valence-electron chi connectivity index (χ2n) is 4.45. The summed E-state index contributed by atoms with van der Waals surface area (Å²) in [5.74, 6) is 0.238. The first-order chi connectivity index (χ1) is 8.40. The first kappa shape index (κ1) is 13.8. The summed E-state index contributed by atoms with van der Waals surface area (Å²) in [7, 11) is -3.62. The zero-order chi connectivity index (χ0) is 13.3. The van der Waals surface area contributed by atoms with Gasteiger partial charge >= 0.3 is 0 Å². The van der Waals surface area contributed by atoms with Crippen LogP contribution in [0.25, 0.3) is 0 Å². The molecule has 1 aromatic rings. The Morgan fingerprint density at radius 2 is 2.17 bits per heavy atom. The van der Waals surface area contributed by atoms with Crippen LogP contribution >= 0.6 is 15.9 Å². The lowest BCUT2D eigenvalue weighted by atomic mass is 10.2. The number of rotatable bonds is 5. The molecule has 0 saturated heterocycles. The monoisotopic (exact) mass is 334 g/mol. The molecular weight excluding hydrogens is 320 g/mol. The number of aliphatic hydroxyl groups is 1. The minimum Gasteiger partial charge on any atom is -0.399 e. The highest BCUT2D eigenvalue weighted by Crippen LogP contribution is 2.32. The van der Waals surface area contributed by atoms with Gasteiger partial charge in [-0.1, -0.05) is 0 Å². The Kier molecular flexibility index (Phi) is 3.96. The maximum atomic E-state index is 12.0. The van der Waals surface area contributed by atoms with E-state index in [1.54, 1.807) is 0 Å². The molecule has 0 aromatic heterocycles. The summed E-state index contributed by atoms with van der Waals surface area (Å²) < 4.78 is 26.9. The first-order valence-electron chi connectivity index (χ1n) is 5.63. The quantitative estimate of drug-likeness (QED) is 0.702. The SMILES string of the molecule is Nc1ccc(S(=O)(=O)NCC(O)C2CC2)c(Br)c1. The van der Waals surface area contributed by atoms with Crippen molar-refractivity contribution in [1.29, 1.82) is 0 Å². The molecule has 0 heterocycles. The molecule has 4 N–H and O–H groups in total. The zero-order valence-corrected chi connectivity index (χ0v) is 12.0. The Hall–Kier alpha value is -0.630. The number of hydrogen-bond acceptors (Lipinski definition) is 4. The predicted molar refractivity (Wildman–Crippen MR) is 72.5 cm³/mol. The number of halogens is 1. The minimum atomic E-state index is -3.62. The van der Waals surface area contributed by atoms with Crippen LogP contribution in [0, 0.1) is 5.92 Å². The number of hydrogen-bond donors (Lipinski definition) is 3. The third-order valence-corrected chi connectivity index (χ3v) is 5.29. The van der Waals surface area contributed by atoms with Crippen molar-refractivity contribution in [3.05, 3.63) is 22.7 Å². The van der Waals surface area contributed by atoms with Crippen LogP contribution in [0.4, 0.5) is 5.69 Å². The Morgan fingerprint density at radius 1 is 1.50 bits per heavy atom. The summed E-state index contributed by atoms with van der Waals surface area (Å²) in [5, 5.41) is 9.65. The molecule has 2 rings (SSSR count). The van der Waals surface area contributed by atoms with E-state index in [0.717, 1.165) is 12.8 Å².